The highest BCUT2D eigenvalue weighted by molar-refractivity contribution is 6.05. The van der Waals surface area contributed by atoms with Crippen LogP contribution in [0.15, 0.2) is 29.7 Å². The first-order valence-electron chi connectivity index (χ1n) is 9.21. The quantitative estimate of drug-likeness (QED) is 0.404. The lowest BCUT2D eigenvalue weighted by Gasteiger charge is -2.31. The first kappa shape index (κ1) is 19.3. The molecule has 27 heavy (non-hydrogen) atoms. The maximum atomic E-state index is 13.4. The number of halogens is 2. The van der Waals surface area contributed by atoms with Crippen molar-refractivity contribution in [1.82, 2.24) is 10.2 Å². The predicted molar refractivity (Wildman–Crippen MR) is 98.6 cm³/mol. The van der Waals surface area contributed by atoms with Crippen LogP contribution in [-0.4, -0.2) is 49.3 Å². The molecule has 3 rings (SSSR count). The van der Waals surface area contributed by atoms with Crippen LogP contribution < -0.4 is 10.6 Å². The molecule has 1 aliphatic heterocycles. The van der Waals surface area contributed by atoms with Gasteiger partial charge >= 0.3 is 0 Å². The van der Waals surface area contributed by atoms with Crippen LogP contribution >= 0.6 is 0 Å². The normalized spacial score (nSPS) is 18.8. The standard InChI is InChI=1S/C19H24F2N4O2/c20-13-9-14(21)11-15(10-13)24-19(26)18(27-16-3-1-2-4-16)17(12-22)25-7-5-23-6-8-25/h9-12,16,22-23H,1-8H2,(H,24,26)/b18-17-,22-12?. The summed E-state index contributed by atoms with van der Waals surface area (Å²) in [7, 11) is 0. The number of ether oxygens (including phenoxy) is 1. The Hall–Kier alpha value is -2.48. The molecular weight excluding hydrogens is 354 g/mol. The highest BCUT2D eigenvalue weighted by Crippen LogP contribution is 2.26. The molecule has 1 saturated heterocycles. The molecule has 2 aliphatic rings. The molecule has 0 aromatic heterocycles. The Morgan fingerprint density at radius 1 is 1.19 bits per heavy atom. The van der Waals surface area contributed by atoms with E-state index >= 15 is 0 Å². The SMILES string of the molecule is N=C/C(=C(/OC1CCCC1)C(=O)Nc1cc(F)cc(F)c1)N1CCNCC1. The molecule has 2 fully saturated rings. The average molecular weight is 378 g/mol. The molecule has 6 nitrogen and oxygen atoms in total. The van der Waals surface area contributed by atoms with Crippen molar-refractivity contribution in [3.8, 4) is 0 Å². The van der Waals surface area contributed by atoms with Crippen LogP contribution in [0.1, 0.15) is 25.7 Å². The summed E-state index contributed by atoms with van der Waals surface area (Å²) in [4.78, 5) is 14.8. The molecule has 0 radical (unpaired) electrons. The van der Waals surface area contributed by atoms with Crippen molar-refractivity contribution in [2.75, 3.05) is 31.5 Å². The molecule has 0 atom stereocenters. The summed E-state index contributed by atoms with van der Waals surface area (Å²) in [5, 5.41) is 13.5. The minimum absolute atomic E-state index is 0.00895. The Morgan fingerprint density at radius 3 is 2.41 bits per heavy atom. The number of piperazine rings is 1. The second kappa shape index (κ2) is 8.94. The second-order valence-corrected chi connectivity index (χ2v) is 6.73. The summed E-state index contributed by atoms with van der Waals surface area (Å²) in [5.74, 6) is -2.13. The molecule has 1 aliphatic carbocycles. The third kappa shape index (κ3) is 5.03. The molecule has 1 aromatic rings. The molecule has 0 spiro atoms. The van der Waals surface area contributed by atoms with Crippen LogP contribution in [-0.2, 0) is 9.53 Å². The van der Waals surface area contributed by atoms with Crippen molar-refractivity contribution in [3.05, 3.63) is 41.3 Å². The Balaban J connectivity index is 1.88. The van der Waals surface area contributed by atoms with Crippen LogP contribution in [0.5, 0.6) is 0 Å². The van der Waals surface area contributed by atoms with Crippen molar-refractivity contribution < 1.29 is 18.3 Å². The Bertz CT molecular complexity index is 706. The molecule has 0 bridgehead atoms. The monoisotopic (exact) mass is 378 g/mol. The van der Waals surface area contributed by atoms with Crippen LogP contribution in [0.2, 0.25) is 0 Å². The number of carbonyl (C=O) groups is 1. The van der Waals surface area contributed by atoms with Gasteiger partial charge in [0.25, 0.3) is 5.91 Å². The van der Waals surface area contributed by atoms with Gasteiger partial charge in [0.05, 0.1) is 6.10 Å². The van der Waals surface area contributed by atoms with Crippen LogP contribution in [0.4, 0.5) is 14.5 Å². The molecule has 1 saturated carbocycles. The minimum atomic E-state index is -0.776. The van der Waals surface area contributed by atoms with Crippen molar-refractivity contribution in [2.24, 2.45) is 0 Å². The van der Waals surface area contributed by atoms with E-state index in [1.54, 1.807) is 0 Å². The maximum Gasteiger partial charge on any atom is 0.293 e. The van der Waals surface area contributed by atoms with Gasteiger partial charge in [-0.15, -0.1) is 0 Å². The number of benzene rings is 1. The van der Waals surface area contributed by atoms with Gasteiger partial charge in [-0.3, -0.25) is 4.79 Å². The van der Waals surface area contributed by atoms with E-state index < -0.39 is 17.5 Å². The highest BCUT2D eigenvalue weighted by Gasteiger charge is 2.27. The lowest BCUT2D eigenvalue weighted by Crippen LogP contribution is -2.44. The van der Waals surface area contributed by atoms with E-state index in [2.05, 4.69) is 10.6 Å². The predicted octanol–water partition coefficient (Wildman–Crippen LogP) is 2.63. The van der Waals surface area contributed by atoms with E-state index in [0.29, 0.717) is 18.8 Å². The van der Waals surface area contributed by atoms with Gasteiger partial charge in [-0.1, -0.05) is 0 Å². The lowest BCUT2D eigenvalue weighted by molar-refractivity contribution is -0.117. The van der Waals surface area contributed by atoms with Crippen LogP contribution in [0, 0.1) is 17.0 Å². The third-order valence-electron chi connectivity index (χ3n) is 4.74. The fraction of sp³-hybridized carbons (Fsp3) is 0.474. The summed E-state index contributed by atoms with van der Waals surface area (Å²) >= 11 is 0. The molecule has 146 valence electrons. The van der Waals surface area contributed by atoms with Gasteiger partial charge in [0.1, 0.15) is 17.3 Å². The first-order chi connectivity index (χ1) is 13.1. The minimum Gasteiger partial charge on any atom is -0.483 e. The number of amides is 1. The fourth-order valence-electron chi connectivity index (χ4n) is 3.42. The van der Waals surface area contributed by atoms with Gasteiger partial charge < -0.3 is 25.7 Å². The summed E-state index contributed by atoms with van der Waals surface area (Å²) < 4.78 is 32.9. The van der Waals surface area contributed by atoms with Crippen molar-refractivity contribution >= 4 is 17.8 Å². The van der Waals surface area contributed by atoms with E-state index in [0.717, 1.165) is 63.2 Å². The van der Waals surface area contributed by atoms with E-state index in [1.165, 1.54) is 0 Å². The number of hydrogen-bond acceptors (Lipinski definition) is 5. The maximum absolute atomic E-state index is 13.4. The molecule has 1 heterocycles. The van der Waals surface area contributed by atoms with E-state index in [9.17, 15) is 13.6 Å². The van der Waals surface area contributed by atoms with E-state index in [-0.39, 0.29) is 17.6 Å². The number of hydrogen-bond donors (Lipinski definition) is 3. The zero-order valence-corrected chi connectivity index (χ0v) is 15.1. The van der Waals surface area contributed by atoms with Gasteiger partial charge in [0, 0.05) is 44.1 Å². The molecule has 3 N–H and O–H groups in total. The summed E-state index contributed by atoms with van der Waals surface area (Å²) in [6.07, 6.45) is 4.77. The Morgan fingerprint density at radius 2 is 1.81 bits per heavy atom. The van der Waals surface area contributed by atoms with Crippen molar-refractivity contribution in [2.45, 2.75) is 31.8 Å². The number of anilines is 1. The molecule has 1 amide bonds. The fourth-order valence-corrected chi connectivity index (χ4v) is 3.42. The second-order valence-electron chi connectivity index (χ2n) is 6.73. The van der Waals surface area contributed by atoms with E-state index in [4.69, 9.17) is 10.1 Å². The van der Waals surface area contributed by atoms with Gasteiger partial charge in [0.2, 0.25) is 5.76 Å². The number of rotatable bonds is 6. The highest BCUT2D eigenvalue weighted by atomic mass is 19.1. The summed E-state index contributed by atoms with van der Waals surface area (Å²) in [6.45, 7) is 2.77. The molecule has 0 unspecified atom stereocenters. The first-order valence-corrected chi connectivity index (χ1v) is 9.21. The van der Waals surface area contributed by atoms with Crippen LogP contribution in [0.25, 0.3) is 0 Å². The zero-order valence-electron chi connectivity index (χ0n) is 15.1. The van der Waals surface area contributed by atoms with E-state index in [1.807, 2.05) is 4.90 Å². The zero-order chi connectivity index (χ0) is 19.2. The van der Waals surface area contributed by atoms with Crippen molar-refractivity contribution in [3.63, 3.8) is 0 Å². The molecule has 1 aromatic carbocycles. The number of allylic oxidation sites excluding steroid dienone is 1. The summed E-state index contributed by atoms with van der Waals surface area (Å²) in [5.41, 5.74) is 0.396. The van der Waals surface area contributed by atoms with Gasteiger partial charge in [-0.2, -0.15) is 0 Å². The smallest absolute Gasteiger partial charge is 0.293 e. The topological polar surface area (TPSA) is 77.5 Å². The Labute approximate surface area is 157 Å². The van der Waals surface area contributed by atoms with Gasteiger partial charge in [0.15, 0.2) is 0 Å². The van der Waals surface area contributed by atoms with Crippen LogP contribution in [0.3, 0.4) is 0 Å². The van der Waals surface area contributed by atoms with Gasteiger partial charge in [-0.05, 0) is 37.8 Å². The number of nitrogens with one attached hydrogen (secondary N) is 3. The average Bonchev–Trinajstić information content (AvgIpc) is 3.15. The molecular formula is C19H24F2N4O2. The van der Waals surface area contributed by atoms with Gasteiger partial charge in [-0.25, -0.2) is 8.78 Å². The molecule has 8 heteroatoms. The lowest BCUT2D eigenvalue weighted by atomic mass is 10.2. The summed E-state index contributed by atoms with van der Waals surface area (Å²) in [6, 6.07) is 2.83. The Kier molecular flexibility index (Phi) is 6.39. The largest absolute Gasteiger partial charge is 0.483 e. The number of carbonyl (C=O) groups excluding carboxylic acids is 1. The number of nitrogens with zero attached hydrogens (tertiary/aromatic N) is 1. The van der Waals surface area contributed by atoms with Crippen molar-refractivity contribution in [1.29, 1.82) is 5.41 Å². The third-order valence-corrected chi connectivity index (χ3v) is 4.74.